The van der Waals surface area contributed by atoms with Gasteiger partial charge in [-0.15, -0.1) is 0 Å². The van der Waals surface area contributed by atoms with Crippen LogP contribution in [0, 0.1) is 13.8 Å². The van der Waals surface area contributed by atoms with Gasteiger partial charge in [-0.2, -0.15) is 0 Å². The summed E-state index contributed by atoms with van der Waals surface area (Å²) in [4.78, 5) is 8.05. The molecule has 0 aliphatic carbocycles. The molecule has 2 aromatic rings. The van der Waals surface area contributed by atoms with Crippen LogP contribution in [0.3, 0.4) is 0 Å². The summed E-state index contributed by atoms with van der Waals surface area (Å²) in [6.07, 6.45) is 0. The first-order valence-electron chi connectivity index (χ1n) is 4.18. The molecule has 0 atom stereocenters. The van der Waals surface area contributed by atoms with Crippen LogP contribution in [0.4, 0.5) is 0 Å². The monoisotopic (exact) mass is 226 g/mol. The lowest BCUT2D eigenvalue weighted by molar-refractivity contribution is 1.21. The quantitative estimate of drug-likeness (QED) is 0.508. The van der Waals surface area contributed by atoms with Gasteiger partial charge in [-0.25, -0.2) is 9.97 Å². The first-order valence-corrected chi connectivity index (χ1v) is 4.93. The van der Waals surface area contributed by atoms with Gasteiger partial charge in [0.15, 0.2) is 0 Å². The third kappa shape index (κ3) is 1.56. The molecule has 1 aromatic carbocycles. The normalized spacial score (nSPS) is 10.9. The smallest absolute Gasteiger partial charge is 0.218 e. The Morgan fingerprint density at radius 2 is 1.79 bits per heavy atom. The van der Waals surface area contributed by atoms with E-state index in [9.17, 15) is 0 Å². The number of benzene rings is 1. The number of aromatic nitrogens is 2. The van der Waals surface area contributed by atoms with E-state index in [1.807, 2.05) is 26.0 Å². The maximum absolute atomic E-state index is 5.97. The molecule has 0 N–H and O–H groups in total. The first-order chi connectivity index (χ1) is 6.58. The van der Waals surface area contributed by atoms with Crippen molar-refractivity contribution < 1.29 is 0 Å². The summed E-state index contributed by atoms with van der Waals surface area (Å²) in [6, 6.07) is 4.00. The van der Waals surface area contributed by atoms with Crippen LogP contribution in [0.25, 0.3) is 10.9 Å². The molecule has 1 aromatic heterocycles. The maximum Gasteiger partial charge on any atom is 0.224 e. The number of nitrogens with zero attached hydrogens (tertiary/aromatic N) is 2. The van der Waals surface area contributed by atoms with E-state index in [0.29, 0.717) is 5.15 Å². The summed E-state index contributed by atoms with van der Waals surface area (Å²) in [6.45, 7) is 3.99. The van der Waals surface area contributed by atoms with Gasteiger partial charge in [-0.05, 0) is 37.1 Å². The summed E-state index contributed by atoms with van der Waals surface area (Å²) in [5.74, 6) is 0. The standard InChI is InChI=1S/C10H8Cl2N2/c1-5-3-6(2)8-7(4-5)9(11)14-10(12)13-8/h3-4H,1-2H3. The van der Waals surface area contributed by atoms with Crippen molar-refractivity contribution in [2.24, 2.45) is 0 Å². The lowest BCUT2D eigenvalue weighted by Crippen LogP contribution is -1.90. The van der Waals surface area contributed by atoms with Gasteiger partial charge >= 0.3 is 0 Å². The van der Waals surface area contributed by atoms with Crippen molar-refractivity contribution >= 4 is 34.1 Å². The van der Waals surface area contributed by atoms with Crippen LogP contribution in [-0.2, 0) is 0 Å². The maximum atomic E-state index is 5.97. The number of halogens is 2. The van der Waals surface area contributed by atoms with E-state index < -0.39 is 0 Å². The highest BCUT2D eigenvalue weighted by molar-refractivity contribution is 6.35. The molecule has 1 heterocycles. The van der Waals surface area contributed by atoms with E-state index in [1.54, 1.807) is 0 Å². The largest absolute Gasteiger partial charge is 0.224 e. The average molecular weight is 227 g/mol. The molecule has 2 nitrogen and oxygen atoms in total. The Hall–Kier alpha value is -0.860. The Bertz CT molecular complexity index is 462. The van der Waals surface area contributed by atoms with Crippen LogP contribution in [0.2, 0.25) is 10.4 Å². The lowest BCUT2D eigenvalue weighted by atomic mass is 10.1. The number of aryl methyl sites for hydroxylation is 2. The highest BCUT2D eigenvalue weighted by Gasteiger charge is 2.07. The molecule has 0 saturated carbocycles. The summed E-state index contributed by atoms with van der Waals surface area (Å²) in [7, 11) is 0. The summed E-state index contributed by atoms with van der Waals surface area (Å²) < 4.78 is 0. The molecule has 2 rings (SSSR count). The molecule has 0 bridgehead atoms. The Morgan fingerprint density at radius 1 is 1.07 bits per heavy atom. The Kier molecular flexibility index (Phi) is 2.33. The van der Waals surface area contributed by atoms with E-state index in [4.69, 9.17) is 23.2 Å². The van der Waals surface area contributed by atoms with Crippen LogP contribution in [-0.4, -0.2) is 9.97 Å². The molecule has 0 amide bonds. The summed E-state index contributed by atoms with van der Waals surface area (Å²) >= 11 is 11.7. The predicted molar refractivity (Wildman–Crippen MR) is 59.0 cm³/mol. The van der Waals surface area contributed by atoms with Crippen LogP contribution in [0.1, 0.15) is 11.1 Å². The number of hydrogen-bond donors (Lipinski definition) is 0. The second-order valence-corrected chi connectivity index (χ2v) is 3.96. The van der Waals surface area contributed by atoms with Gasteiger partial charge in [0.25, 0.3) is 0 Å². The zero-order chi connectivity index (χ0) is 10.3. The van der Waals surface area contributed by atoms with Crippen LogP contribution >= 0.6 is 23.2 Å². The van der Waals surface area contributed by atoms with Crippen molar-refractivity contribution in [1.82, 2.24) is 9.97 Å². The highest BCUT2D eigenvalue weighted by atomic mass is 35.5. The van der Waals surface area contributed by atoms with Gasteiger partial charge in [0, 0.05) is 5.39 Å². The van der Waals surface area contributed by atoms with Crippen LogP contribution < -0.4 is 0 Å². The molecule has 0 saturated heterocycles. The van der Waals surface area contributed by atoms with E-state index in [0.717, 1.165) is 22.0 Å². The third-order valence-electron chi connectivity index (χ3n) is 2.06. The minimum absolute atomic E-state index is 0.189. The van der Waals surface area contributed by atoms with E-state index in [2.05, 4.69) is 9.97 Å². The summed E-state index contributed by atoms with van der Waals surface area (Å²) in [5.41, 5.74) is 3.02. The zero-order valence-corrected chi connectivity index (χ0v) is 9.32. The second kappa shape index (κ2) is 3.37. The molecular formula is C10H8Cl2N2. The van der Waals surface area contributed by atoms with Gasteiger partial charge in [-0.3, -0.25) is 0 Å². The van der Waals surface area contributed by atoms with Crippen molar-refractivity contribution in [3.8, 4) is 0 Å². The first kappa shape index (κ1) is 9.69. The fourth-order valence-corrected chi connectivity index (χ4v) is 1.96. The van der Waals surface area contributed by atoms with Gasteiger partial charge in [0.1, 0.15) is 5.15 Å². The van der Waals surface area contributed by atoms with E-state index in [-0.39, 0.29) is 5.28 Å². The Balaban J connectivity index is 2.94. The van der Waals surface area contributed by atoms with E-state index >= 15 is 0 Å². The highest BCUT2D eigenvalue weighted by Crippen LogP contribution is 2.25. The molecule has 0 radical (unpaired) electrons. The predicted octanol–water partition coefficient (Wildman–Crippen LogP) is 3.55. The topological polar surface area (TPSA) is 25.8 Å². The van der Waals surface area contributed by atoms with E-state index in [1.165, 1.54) is 0 Å². The minimum Gasteiger partial charge on any atom is -0.218 e. The second-order valence-electron chi connectivity index (χ2n) is 3.26. The zero-order valence-electron chi connectivity index (χ0n) is 7.81. The molecule has 0 aliphatic heterocycles. The molecule has 72 valence electrons. The molecular weight excluding hydrogens is 219 g/mol. The minimum atomic E-state index is 0.189. The van der Waals surface area contributed by atoms with Crippen LogP contribution in [0.15, 0.2) is 12.1 Å². The number of fused-ring (bicyclic) bond motifs is 1. The van der Waals surface area contributed by atoms with Gasteiger partial charge < -0.3 is 0 Å². The van der Waals surface area contributed by atoms with Crippen LogP contribution in [0.5, 0.6) is 0 Å². The van der Waals surface area contributed by atoms with Crippen molar-refractivity contribution in [1.29, 1.82) is 0 Å². The van der Waals surface area contributed by atoms with Crippen molar-refractivity contribution in [3.63, 3.8) is 0 Å². The molecule has 0 unspecified atom stereocenters. The van der Waals surface area contributed by atoms with Crippen molar-refractivity contribution in [3.05, 3.63) is 33.7 Å². The van der Waals surface area contributed by atoms with Gasteiger partial charge in [-0.1, -0.05) is 23.2 Å². The van der Waals surface area contributed by atoms with Gasteiger partial charge in [0.2, 0.25) is 5.28 Å². The fraction of sp³-hybridized carbons (Fsp3) is 0.200. The third-order valence-corrected chi connectivity index (χ3v) is 2.52. The fourth-order valence-electron chi connectivity index (χ4n) is 1.52. The lowest BCUT2D eigenvalue weighted by Gasteiger charge is -2.04. The molecule has 14 heavy (non-hydrogen) atoms. The molecule has 0 aliphatic rings. The van der Waals surface area contributed by atoms with Gasteiger partial charge in [0.05, 0.1) is 5.52 Å². The molecule has 0 fully saturated rings. The Labute approximate surface area is 91.9 Å². The van der Waals surface area contributed by atoms with Crippen molar-refractivity contribution in [2.45, 2.75) is 13.8 Å². The molecule has 0 spiro atoms. The Morgan fingerprint density at radius 3 is 2.50 bits per heavy atom. The summed E-state index contributed by atoms with van der Waals surface area (Å²) in [5, 5.41) is 1.45. The van der Waals surface area contributed by atoms with Crippen molar-refractivity contribution in [2.75, 3.05) is 0 Å². The number of rotatable bonds is 0. The average Bonchev–Trinajstić information content (AvgIpc) is 2.07. The SMILES string of the molecule is Cc1cc(C)c2nc(Cl)nc(Cl)c2c1. The number of hydrogen-bond acceptors (Lipinski definition) is 2. The molecule has 4 heteroatoms.